The van der Waals surface area contributed by atoms with Crippen molar-refractivity contribution in [3.8, 4) is 0 Å². The molecule has 0 aromatic rings. The number of allylic oxidation sites excluding steroid dienone is 1. The van der Waals surface area contributed by atoms with Crippen LogP contribution >= 0.6 is 8.20 Å². The molecule has 1 aliphatic heterocycles. The first-order chi connectivity index (χ1) is 2.39. The fourth-order valence-electron chi connectivity index (χ4n) is 0.131. The highest BCUT2D eigenvalue weighted by Gasteiger charge is 1.89. The predicted molar refractivity (Wildman–Crippen MR) is 22.2 cm³/mol. The average molecular weight is 88.0 g/mol. The van der Waals surface area contributed by atoms with Gasteiger partial charge in [0.15, 0.2) is 0 Å². The Bertz CT molecular complexity index is 93.1. The fraction of sp³-hybridized carbons (Fsp3) is 0. The molecule has 0 aromatic carbocycles. The smallest absolute Gasteiger partial charge is 0.149 e. The van der Waals surface area contributed by atoms with Gasteiger partial charge in [0.05, 0.1) is 0 Å². The second kappa shape index (κ2) is 0.908. The van der Waals surface area contributed by atoms with Gasteiger partial charge in [0.2, 0.25) is 0 Å². The van der Waals surface area contributed by atoms with Crippen LogP contribution in [0.2, 0.25) is 0 Å². The van der Waals surface area contributed by atoms with Crippen molar-refractivity contribution in [2.45, 2.75) is 0 Å². The molecule has 2 heteroatoms. The zero-order valence-electron chi connectivity index (χ0n) is 2.48. The van der Waals surface area contributed by atoms with Gasteiger partial charge in [-0.2, -0.15) is 0 Å². The summed E-state index contributed by atoms with van der Waals surface area (Å²) in [5.74, 6) is 1.76. The van der Waals surface area contributed by atoms with Crippen molar-refractivity contribution in [2.75, 3.05) is 0 Å². The quantitative estimate of drug-likeness (QED) is 0.394. The molecular formula is C3H2FP. The minimum absolute atomic E-state index is 0.0231. The van der Waals surface area contributed by atoms with Gasteiger partial charge in [-0.15, -0.1) is 0 Å². The molecule has 0 spiro atoms. The Morgan fingerprint density at radius 3 is 2.20 bits per heavy atom. The second-order valence-electron chi connectivity index (χ2n) is 0.768. The van der Waals surface area contributed by atoms with Crippen molar-refractivity contribution in [2.24, 2.45) is 0 Å². The second-order valence-corrected chi connectivity index (χ2v) is 1.75. The number of halogens is 1. The van der Waals surface area contributed by atoms with Gasteiger partial charge in [-0.3, -0.25) is 0 Å². The van der Waals surface area contributed by atoms with Crippen molar-refractivity contribution >= 4 is 13.8 Å². The molecule has 0 saturated carbocycles. The van der Waals surface area contributed by atoms with Gasteiger partial charge in [0, 0.05) is 0 Å². The van der Waals surface area contributed by atoms with Crippen molar-refractivity contribution in [3.05, 3.63) is 11.9 Å². The Balaban J connectivity index is 2.60. The first-order valence-electron chi connectivity index (χ1n) is 1.29. The zero-order chi connectivity index (χ0) is 3.70. The zero-order valence-corrected chi connectivity index (χ0v) is 3.37. The van der Waals surface area contributed by atoms with Gasteiger partial charge in [-0.1, -0.05) is 0 Å². The molecule has 5 heavy (non-hydrogen) atoms. The van der Waals surface area contributed by atoms with Gasteiger partial charge >= 0.3 is 0 Å². The minimum atomic E-state index is -0.0231. The van der Waals surface area contributed by atoms with Crippen LogP contribution in [-0.2, 0) is 0 Å². The largest absolute Gasteiger partial charge is 0.202 e. The summed E-state index contributed by atoms with van der Waals surface area (Å²) in [6.07, 6.45) is 1.46. The van der Waals surface area contributed by atoms with E-state index in [2.05, 4.69) is 0 Å². The molecule has 0 radical (unpaired) electrons. The Morgan fingerprint density at radius 1 is 1.80 bits per heavy atom. The highest BCUT2D eigenvalue weighted by molar-refractivity contribution is 7.46. The van der Waals surface area contributed by atoms with Crippen LogP contribution < -0.4 is 0 Å². The summed E-state index contributed by atoms with van der Waals surface area (Å²) in [6.45, 7) is 0. The molecule has 1 aliphatic rings. The maximum atomic E-state index is 11.3. The molecule has 0 atom stereocenters. The molecule has 0 saturated heterocycles. The topological polar surface area (TPSA) is 0 Å². The molecule has 0 aromatic heterocycles. The maximum Gasteiger partial charge on any atom is 0.149 e. The predicted octanol–water partition coefficient (Wildman–Crippen LogP) is 1.56. The Hall–Kier alpha value is -0.160. The summed E-state index contributed by atoms with van der Waals surface area (Å²) in [7, 11) is 0.747. The molecule has 1 rings (SSSR count). The van der Waals surface area contributed by atoms with Crippen LogP contribution in [0.15, 0.2) is 11.9 Å². The van der Waals surface area contributed by atoms with Crippen LogP contribution in [-0.4, -0.2) is 5.55 Å². The van der Waals surface area contributed by atoms with Gasteiger partial charge in [-0.25, -0.2) is 4.39 Å². The van der Waals surface area contributed by atoms with Crippen LogP contribution in [0.1, 0.15) is 0 Å². The number of hydrogen-bond acceptors (Lipinski definition) is 0. The van der Waals surface area contributed by atoms with Crippen LogP contribution in [0.3, 0.4) is 0 Å². The van der Waals surface area contributed by atoms with Crippen molar-refractivity contribution < 1.29 is 4.39 Å². The van der Waals surface area contributed by atoms with E-state index >= 15 is 0 Å². The molecule has 0 unspecified atom stereocenters. The molecule has 0 N–H and O–H groups in total. The standard InChI is InChI=1S/C3H2FP/c4-3-1-2-5-3/h1-2H. The number of rotatable bonds is 0. The average Bonchev–Trinajstić information content (AvgIpc) is 1.30. The summed E-state index contributed by atoms with van der Waals surface area (Å²) in [6, 6.07) is 0. The third-order valence-electron chi connectivity index (χ3n) is 0.410. The van der Waals surface area contributed by atoms with Crippen LogP contribution in [0, 0.1) is 0 Å². The molecule has 0 bridgehead atoms. The molecular weight excluding hydrogens is 86.0 g/mol. The lowest BCUT2D eigenvalue weighted by Gasteiger charge is -1.86. The lowest BCUT2D eigenvalue weighted by atomic mass is 10.7. The highest BCUT2D eigenvalue weighted by Crippen LogP contribution is 2.13. The third-order valence-corrected chi connectivity index (χ3v) is 1.10. The Kier molecular flexibility index (Phi) is 0.553. The fourth-order valence-corrected chi connectivity index (χ4v) is 0.393. The first-order valence-corrected chi connectivity index (χ1v) is 2.26. The monoisotopic (exact) mass is 88.0 g/mol. The van der Waals surface area contributed by atoms with Gasteiger partial charge in [-0.05, 0) is 20.1 Å². The lowest BCUT2D eigenvalue weighted by Crippen LogP contribution is -1.76. The Morgan fingerprint density at radius 2 is 2.20 bits per heavy atom. The van der Waals surface area contributed by atoms with E-state index in [1.807, 2.05) is 0 Å². The van der Waals surface area contributed by atoms with Gasteiger partial charge in [0.25, 0.3) is 0 Å². The molecule has 1 heterocycles. The van der Waals surface area contributed by atoms with Crippen molar-refractivity contribution in [1.29, 1.82) is 0 Å². The molecule has 0 fully saturated rings. The van der Waals surface area contributed by atoms with E-state index in [0.717, 1.165) is 8.20 Å². The van der Waals surface area contributed by atoms with Crippen LogP contribution in [0.4, 0.5) is 4.39 Å². The highest BCUT2D eigenvalue weighted by atomic mass is 31.1. The lowest BCUT2D eigenvalue weighted by molar-refractivity contribution is 0.835. The van der Waals surface area contributed by atoms with E-state index in [0.29, 0.717) is 0 Å². The van der Waals surface area contributed by atoms with Crippen molar-refractivity contribution in [1.82, 2.24) is 0 Å². The van der Waals surface area contributed by atoms with E-state index in [1.165, 1.54) is 6.08 Å². The Labute approximate surface area is 31.1 Å². The van der Waals surface area contributed by atoms with Gasteiger partial charge in [0.1, 0.15) is 5.55 Å². The minimum Gasteiger partial charge on any atom is -0.202 e. The summed E-state index contributed by atoms with van der Waals surface area (Å²) in [5.41, 5.74) is -0.0231. The molecule has 0 aliphatic carbocycles. The summed E-state index contributed by atoms with van der Waals surface area (Å²) in [4.78, 5) is 0. The molecule has 0 nitrogen and oxygen atoms in total. The van der Waals surface area contributed by atoms with Crippen molar-refractivity contribution in [3.63, 3.8) is 0 Å². The number of hydrogen-bond donors (Lipinski definition) is 0. The molecule has 0 amide bonds. The van der Waals surface area contributed by atoms with E-state index in [-0.39, 0.29) is 5.55 Å². The van der Waals surface area contributed by atoms with Crippen LogP contribution in [0.5, 0.6) is 0 Å². The first kappa shape index (κ1) is 3.05. The summed E-state index contributed by atoms with van der Waals surface area (Å²) in [5, 5.41) is 0. The van der Waals surface area contributed by atoms with Crippen LogP contribution in [0.25, 0.3) is 0 Å². The molecule has 26 valence electrons. The summed E-state index contributed by atoms with van der Waals surface area (Å²) >= 11 is 0. The van der Waals surface area contributed by atoms with E-state index < -0.39 is 0 Å². The van der Waals surface area contributed by atoms with E-state index in [4.69, 9.17) is 0 Å². The summed E-state index contributed by atoms with van der Waals surface area (Å²) < 4.78 is 11.3. The normalized spacial score (nSPS) is 20.6. The maximum absolute atomic E-state index is 11.3. The third kappa shape index (κ3) is 0.381. The van der Waals surface area contributed by atoms with Gasteiger partial charge < -0.3 is 0 Å². The van der Waals surface area contributed by atoms with E-state index in [9.17, 15) is 4.39 Å². The van der Waals surface area contributed by atoms with E-state index in [1.54, 1.807) is 5.82 Å². The SMILES string of the molecule is FC1=PC=C1.